The van der Waals surface area contributed by atoms with Gasteiger partial charge in [0.15, 0.2) is 0 Å². The van der Waals surface area contributed by atoms with Gasteiger partial charge in [-0.1, -0.05) is 123 Å². The minimum absolute atomic E-state index is 0.00142. The fraction of sp³-hybridized carbons (Fsp3) is 0.930. The number of carbonyl (C=O) groups excluding carboxylic acids is 2. The zero-order chi connectivity index (χ0) is 43.5. The first-order chi connectivity index (χ1) is 28.7. The quantitative estimate of drug-likeness (QED) is 0.0337. The van der Waals surface area contributed by atoms with Crippen LogP contribution in [0.2, 0.25) is 0 Å². The minimum atomic E-state index is -3.12. The normalized spacial score (nSPS) is 12.7. The predicted molar refractivity (Wildman–Crippen MR) is 240 cm³/mol. The SMILES string of the molecule is CCCCCCCCCCCCOC[C@H](CSC[C@H](NC(=O)O)C(=O)NCCOCCOCCOCCP(=O)(OCC)OCC)NC(=O)CCCCCCCCCCC. The van der Waals surface area contributed by atoms with Crippen LogP contribution in [0.5, 0.6) is 0 Å². The molecule has 0 fully saturated rings. The Labute approximate surface area is 362 Å². The van der Waals surface area contributed by atoms with Gasteiger partial charge in [0.1, 0.15) is 6.04 Å². The molecule has 0 aliphatic rings. The number of carbonyl (C=O) groups is 3. The van der Waals surface area contributed by atoms with Gasteiger partial charge in [0.25, 0.3) is 0 Å². The van der Waals surface area contributed by atoms with Gasteiger partial charge in [-0.15, -0.1) is 0 Å². The van der Waals surface area contributed by atoms with E-state index >= 15 is 0 Å². The summed E-state index contributed by atoms with van der Waals surface area (Å²) in [6.45, 7) is 11.6. The van der Waals surface area contributed by atoms with Crippen LogP contribution in [-0.4, -0.2) is 125 Å². The highest BCUT2D eigenvalue weighted by Gasteiger charge is 2.23. The van der Waals surface area contributed by atoms with Crippen LogP contribution in [0.3, 0.4) is 0 Å². The molecule has 2 atom stereocenters. The molecular weight excluding hydrogens is 798 g/mol. The van der Waals surface area contributed by atoms with Crippen molar-refractivity contribution in [3.63, 3.8) is 0 Å². The first kappa shape index (κ1) is 57.5. The highest BCUT2D eigenvalue weighted by molar-refractivity contribution is 7.99. The second kappa shape index (κ2) is 43.2. The van der Waals surface area contributed by atoms with E-state index in [2.05, 4.69) is 29.8 Å². The Kier molecular flexibility index (Phi) is 42.1. The van der Waals surface area contributed by atoms with Gasteiger partial charge in [-0.05, 0) is 26.7 Å². The number of rotatable bonds is 46. The van der Waals surface area contributed by atoms with Crippen LogP contribution >= 0.6 is 19.4 Å². The second-order valence-electron chi connectivity index (χ2n) is 14.9. The van der Waals surface area contributed by atoms with Gasteiger partial charge in [0, 0.05) is 31.1 Å². The highest BCUT2D eigenvalue weighted by atomic mass is 32.2. The molecule has 0 aromatic carbocycles. The number of hydrogen-bond donors (Lipinski definition) is 4. The maximum Gasteiger partial charge on any atom is 0.405 e. The van der Waals surface area contributed by atoms with Crippen molar-refractivity contribution in [3.8, 4) is 0 Å². The van der Waals surface area contributed by atoms with Crippen molar-refractivity contribution in [2.45, 2.75) is 168 Å². The van der Waals surface area contributed by atoms with Crippen molar-refractivity contribution in [2.75, 3.05) is 90.3 Å². The van der Waals surface area contributed by atoms with E-state index in [0.717, 1.165) is 32.1 Å². The van der Waals surface area contributed by atoms with Crippen LogP contribution < -0.4 is 16.0 Å². The molecule has 0 unspecified atom stereocenters. The third-order valence-electron chi connectivity index (χ3n) is 9.50. The Morgan fingerprint density at radius 3 is 1.59 bits per heavy atom. The number of thioether (sulfide) groups is 1. The first-order valence-electron chi connectivity index (χ1n) is 23.0. The molecule has 59 heavy (non-hydrogen) atoms. The number of amides is 3. The smallest absolute Gasteiger partial charge is 0.405 e. The first-order valence-corrected chi connectivity index (χ1v) is 25.9. The fourth-order valence-electron chi connectivity index (χ4n) is 6.25. The van der Waals surface area contributed by atoms with E-state index in [1.165, 1.54) is 102 Å². The molecule has 16 heteroatoms. The average molecular weight is 884 g/mol. The molecule has 0 aromatic heterocycles. The Morgan fingerprint density at radius 2 is 1.07 bits per heavy atom. The van der Waals surface area contributed by atoms with Crippen molar-refractivity contribution in [3.05, 3.63) is 0 Å². The summed E-state index contributed by atoms with van der Waals surface area (Å²) in [7, 11) is -3.12. The molecule has 0 saturated heterocycles. The van der Waals surface area contributed by atoms with Gasteiger partial charge in [0.05, 0.1) is 71.7 Å². The molecule has 0 aliphatic heterocycles. The molecular formula is C43H86N3O11PS. The summed E-state index contributed by atoms with van der Waals surface area (Å²) in [4.78, 5) is 37.3. The Hall–Kier alpha value is -1.45. The lowest BCUT2D eigenvalue weighted by atomic mass is 10.1. The van der Waals surface area contributed by atoms with Crippen molar-refractivity contribution >= 4 is 37.3 Å². The van der Waals surface area contributed by atoms with Crippen molar-refractivity contribution in [2.24, 2.45) is 0 Å². The van der Waals surface area contributed by atoms with E-state index in [-0.39, 0.29) is 43.6 Å². The number of unbranched alkanes of at least 4 members (excludes halogenated alkanes) is 17. The topological polar surface area (TPSA) is 180 Å². The van der Waals surface area contributed by atoms with E-state index in [9.17, 15) is 24.1 Å². The average Bonchev–Trinajstić information content (AvgIpc) is 3.20. The maximum absolute atomic E-state index is 12.9. The van der Waals surface area contributed by atoms with E-state index < -0.39 is 25.6 Å². The van der Waals surface area contributed by atoms with Crippen LogP contribution in [-0.2, 0) is 42.1 Å². The third-order valence-corrected chi connectivity index (χ3v) is 12.7. The zero-order valence-corrected chi connectivity index (χ0v) is 39.3. The van der Waals surface area contributed by atoms with E-state index in [4.69, 9.17) is 28.0 Å². The van der Waals surface area contributed by atoms with Crippen molar-refractivity contribution < 1.29 is 52.1 Å². The molecule has 4 N–H and O–H groups in total. The van der Waals surface area contributed by atoms with Gasteiger partial charge in [-0.3, -0.25) is 14.2 Å². The van der Waals surface area contributed by atoms with Crippen LogP contribution in [0.15, 0.2) is 0 Å². The Morgan fingerprint density at radius 1 is 0.576 bits per heavy atom. The van der Waals surface area contributed by atoms with Gasteiger partial charge in [-0.2, -0.15) is 11.8 Å². The predicted octanol–water partition coefficient (Wildman–Crippen LogP) is 9.13. The number of carboxylic acid groups (broad SMARTS) is 1. The summed E-state index contributed by atoms with van der Waals surface area (Å²) in [6, 6.07) is -1.22. The molecule has 0 heterocycles. The van der Waals surface area contributed by atoms with Crippen LogP contribution in [0, 0.1) is 0 Å². The molecule has 0 saturated carbocycles. The zero-order valence-electron chi connectivity index (χ0n) is 37.6. The summed E-state index contributed by atoms with van der Waals surface area (Å²) in [6.07, 6.45) is 22.5. The van der Waals surface area contributed by atoms with E-state index in [1.54, 1.807) is 13.8 Å². The molecule has 3 amide bonds. The standard InChI is InChI=1S/C43H86N3O11PS/c1-5-9-11-13-15-17-19-21-23-25-28-55-36-39(45-41(47)26-24-22-20-18-16-14-12-10-6-2)37-59-38-40(46-43(49)50)42(48)44-27-29-52-30-31-53-32-33-54-34-35-58(51,56-7-3)57-8-4/h39-40,46H,5-38H2,1-4H3,(H,44,48)(H,45,47)(H,49,50)/t39-,40+/m1/s1. The summed E-state index contributed by atoms with van der Waals surface area (Å²) in [5.41, 5.74) is 0. The van der Waals surface area contributed by atoms with Crippen molar-refractivity contribution in [1.29, 1.82) is 0 Å². The van der Waals surface area contributed by atoms with E-state index in [0.29, 0.717) is 65.0 Å². The largest absolute Gasteiger partial charge is 0.465 e. The molecule has 14 nitrogen and oxygen atoms in total. The monoisotopic (exact) mass is 884 g/mol. The molecule has 0 spiro atoms. The van der Waals surface area contributed by atoms with Crippen LogP contribution in [0.1, 0.15) is 156 Å². The Balaban J connectivity index is 4.58. The Bertz CT molecular complexity index is 1020. The minimum Gasteiger partial charge on any atom is -0.465 e. The second-order valence-corrected chi connectivity index (χ2v) is 18.2. The molecule has 0 aliphatic carbocycles. The van der Waals surface area contributed by atoms with Gasteiger partial charge in [-0.25, -0.2) is 4.79 Å². The van der Waals surface area contributed by atoms with Crippen LogP contribution in [0.4, 0.5) is 4.79 Å². The number of nitrogens with one attached hydrogen (secondary N) is 3. The molecule has 0 radical (unpaired) electrons. The van der Waals surface area contributed by atoms with Gasteiger partial charge >= 0.3 is 13.7 Å². The van der Waals surface area contributed by atoms with Gasteiger partial charge in [0.2, 0.25) is 11.8 Å². The lowest BCUT2D eigenvalue weighted by molar-refractivity contribution is -0.123. The summed E-state index contributed by atoms with van der Waals surface area (Å²) in [5.74, 6) is 0.245. The summed E-state index contributed by atoms with van der Waals surface area (Å²) in [5, 5.41) is 17.6. The molecule has 0 rings (SSSR count). The van der Waals surface area contributed by atoms with Gasteiger partial charge < -0.3 is 49.1 Å². The third kappa shape index (κ3) is 39.2. The molecule has 0 bridgehead atoms. The molecule has 350 valence electrons. The van der Waals surface area contributed by atoms with Crippen molar-refractivity contribution in [1.82, 2.24) is 16.0 Å². The summed E-state index contributed by atoms with van der Waals surface area (Å²) >= 11 is 1.41. The number of hydrogen-bond acceptors (Lipinski definition) is 11. The highest BCUT2D eigenvalue weighted by Crippen LogP contribution is 2.47. The maximum atomic E-state index is 12.9. The number of ether oxygens (including phenoxy) is 4. The lowest BCUT2D eigenvalue weighted by Gasteiger charge is -2.21. The summed E-state index contributed by atoms with van der Waals surface area (Å²) < 4.78 is 45.4. The lowest BCUT2D eigenvalue weighted by Crippen LogP contribution is -2.49. The fourth-order valence-corrected chi connectivity index (χ4v) is 8.80. The van der Waals surface area contributed by atoms with Crippen LogP contribution in [0.25, 0.3) is 0 Å². The van der Waals surface area contributed by atoms with E-state index in [1.807, 2.05) is 0 Å². The molecule has 0 aromatic rings.